The number of amides is 1. The summed E-state index contributed by atoms with van der Waals surface area (Å²) in [7, 11) is 1.58. The Kier molecular flexibility index (Phi) is 6.32. The lowest BCUT2D eigenvalue weighted by molar-refractivity contribution is -0.120. The molecule has 0 atom stereocenters. The lowest BCUT2D eigenvalue weighted by Gasteiger charge is -2.11. The van der Waals surface area contributed by atoms with Crippen LogP contribution in [0.5, 0.6) is 23.0 Å². The number of hydrogen-bond donors (Lipinski definition) is 1. The second kappa shape index (κ2) is 9.67. The van der Waals surface area contributed by atoms with Crippen molar-refractivity contribution in [2.24, 2.45) is 5.10 Å². The van der Waals surface area contributed by atoms with E-state index in [0.29, 0.717) is 29.6 Å². The first-order valence-corrected chi connectivity index (χ1v) is 9.76. The number of ether oxygens (including phenoxy) is 4. The largest absolute Gasteiger partial charge is 0.493 e. The monoisotopic (exact) mass is 418 g/mol. The number of carbonyl (C=O) groups is 1. The molecule has 1 aliphatic rings. The van der Waals surface area contributed by atoms with Gasteiger partial charge in [-0.25, -0.2) is 5.43 Å². The van der Waals surface area contributed by atoms with Crippen molar-refractivity contribution in [1.82, 2.24) is 5.43 Å². The molecule has 0 saturated carbocycles. The van der Waals surface area contributed by atoms with Crippen molar-refractivity contribution in [3.05, 3.63) is 83.4 Å². The van der Waals surface area contributed by atoms with E-state index in [9.17, 15) is 4.79 Å². The number of fused-ring (bicyclic) bond motifs is 1. The van der Waals surface area contributed by atoms with Crippen LogP contribution < -0.4 is 24.4 Å². The zero-order chi connectivity index (χ0) is 21.5. The molecule has 0 aromatic heterocycles. The van der Waals surface area contributed by atoms with Crippen LogP contribution in [0.3, 0.4) is 0 Å². The number of methoxy groups -OCH3 is 1. The Hall–Kier alpha value is -4.00. The van der Waals surface area contributed by atoms with Crippen LogP contribution in [0.15, 0.2) is 71.8 Å². The Labute approximate surface area is 180 Å². The van der Waals surface area contributed by atoms with Gasteiger partial charge in [0.2, 0.25) is 12.7 Å². The number of carbonyl (C=O) groups excluding carboxylic acids is 1. The van der Waals surface area contributed by atoms with Crippen molar-refractivity contribution in [2.45, 2.75) is 13.0 Å². The summed E-state index contributed by atoms with van der Waals surface area (Å²) in [4.78, 5) is 12.2. The maximum absolute atomic E-state index is 12.2. The van der Waals surface area contributed by atoms with E-state index in [4.69, 9.17) is 18.9 Å². The zero-order valence-corrected chi connectivity index (χ0v) is 17.0. The third-order valence-corrected chi connectivity index (χ3v) is 4.63. The fourth-order valence-electron chi connectivity index (χ4n) is 3.07. The molecule has 0 saturated heterocycles. The molecule has 0 aliphatic carbocycles. The summed E-state index contributed by atoms with van der Waals surface area (Å²) in [6, 6.07) is 20.8. The first-order chi connectivity index (χ1) is 15.2. The van der Waals surface area contributed by atoms with E-state index >= 15 is 0 Å². The molecule has 1 N–H and O–H groups in total. The van der Waals surface area contributed by atoms with Gasteiger partial charge in [-0.3, -0.25) is 4.79 Å². The Bertz CT molecular complexity index is 1080. The summed E-state index contributed by atoms with van der Waals surface area (Å²) < 4.78 is 21.9. The molecule has 0 fully saturated rings. The third kappa shape index (κ3) is 5.33. The number of hydrogen-bond acceptors (Lipinski definition) is 6. The van der Waals surface area contributed by atoms with Crippen LogP contribution in [0.1, 0.15) is 16.7 Å². The fourth-order valence-corrected chi connectivity index (χ4v) is 3.07. The number of hydrazone groups is 1. The molecule has 1 amide bonds. The highest BCUT2D eigenvalue weighted by Crippen LogP contribution is 2.32. The molecule has 7 heteroatoms. The molecule has 158 valence electrons. The molecular formula is C24H22N2O5. The molecule has 1 aliphatic heterocycles. The summed E-state index contributed by atoms with van der Waals surface area (Å²) in [5.41, 5.74) is 5.19. The number of nitrogens with one attached hydrogen (secondary N) is 1. The van der Waals surface area contributed by atoms with Crippen LogP contribution >= 0.6 is 0 Å². The molecule has 0 bridgehead atoms. The highest BCUT2D eigenvalue weighted by molar-refractivity contribution is 5.84. The summed E-state index contributed by atoms with van der Waals surface area (Å²) in [6.45, 7) is 0.648. The molecule has 4 rings (SSSR count). The third-order valence-electron chi connectivity index (χ3n) is 4.63. The van der Waals surface area contributed by atoms with Crippen molar-refractivity contribution < 1.29 is 23.7 Å². The van der Waals surface area contributed by atoms with E-state index in [2.05, 4.69) is 10.5 Å². The van der Waals surface area contributed by atoms with Gasteiger partial charge >= 0.3 is 0 Å². The quantitative estimate of drug-likeness (QED) is 0.446. The van der Waals surface area contributed by atoms with Gasteiger partial charge in [0.05, 0.1) is 19.7 Å². The number of nitrogens with zero attached hydrogens (tertiary/aromatic N) is 1. The van der Waals surface area contributed by atoms with Gasteiger partial charge in [-0.1, -0.05) is 36.4 Å². The predicted octanol–water partition coefficient (Wildman–Crippen LogP) is 3.70. The van der Waals surface area contributed by atoms with Crippen LogP contribution in [0, 0.1) is 0 Å². The van der Waals surface area contributed by atoms with Gasteiger partial charge in [0.15, 0.2) is 23.0 Å². The molecule has 0 radical (unpaired) electrons. The average molecular weight is 418 g/mol. The Morgan fingerprint density at radius 2 is 1.84 bits per heavy atom. The topological polar surface area (TPSA) is 78.4 Å². The SMILES string of the molecule is COc1cc(/C=N\NC(=O)Cc2ccc3c(c2)OCO3)ccc1OCc1ccccc1. The van der Waals surface area contributed by atoms with E-state index in [-0.39, 0.29) is 19.1 Å². The first-order valence-electron chi connectivity index (χ1n) is 9.76. The molecule has 0 spiro atoms. The van der Waals surface area contributed by atoms with Gasteiger partial charge in [0.25, 0.3) is 0 Å². The maximum Gasteiger partial charge on any atom is 0.244 e. The molecule has 3 aromatic rings. The second-order valence-corrected chi connectivity index (χ2v) is 6.84. The highest BCUT2D eigenvalue weighted by atomic mass is 16.7. The van der Waals surface area contributed by atoms with Crippen molar-refractivity contribution in [3.63, 3.8) is 0 Å². The highest BCUT2D eigenvalue weighted by Gasteiger charge is 2.14. The predicted molar refractivity (Wildman–Crippen MR) is 116 cm³/mol. The molecule has 7 nitrogen and oxygen atoms in total. The zero-order valence-electron chi connectivity index (χ0n) is 17.0. The van der Waals surface area contributed by atoms with Gasteiger partial charge < -0.3 is 18.9 Å². The van der Waals surface area contributed by atoms with Crippen molar-refractivity contribution in [1.29, 1.82) is 0 Å². The normalized spacial score (nSPS) is 12.0. The lowest BCUT2D eigenvalue weighted by atomic mass is 10.1. The Morgan fingerprint density at radius 3 is 2.68 bits per heavy atom. The van der Waals surface area contributed by atoms with E-state index in [1.807, 2.05) is 48.5 Å². The summed E-state index contributed by atoms with van der Waals surface area (Å²) >= 11 is 0. The second-order valence-electron chi connectivity index (χ2n) is 6.84. The van der Waals surface area contributed by atoms with Crippen LogP contribution in [-0.4, -0.2) is 26.0 Å². The van der Waals surface area contributed by atoms with E-state index in [0.717, 1.165) is 16.7 Å². The minimum atomic E-state index is -0.232. The Morgan fingerprint density at radius 1 is 1.00 bits per heavy atom. The van der Waals surface area contributed by atoms with Gasteiger partial charge in [-0.2, -0.15) is 5.10 Å². The number of benzene rings is 3. The first kappa shape index (κ1) is 20.3. The van der Waals surface area contributed by atoms with Gasteiger partial charge in [-0.15, -0.1) is 0 Å². The summed E-state index contributed by atoms with van der Waals surface area (Å²) in [6.07, 6.45) is 1.74. The Balaban J connectivity index is 1.32. The minimum Gasteiger partial charge on any atom is -0.493 e. The van der Waals surface area contributed by atoms with E-state index < -0.39 is 0 Å². The molecule has 1 heterocycles. The van der Waals surface area contributed by atoms with E-state index in [1.54, 1.807) is 31.5 Å². The van der Waals surface area contributed by atoms with Crippen molar-refractivity contribution >= 4 is 12.1 Å². The number of rotatable bonds is 8. The smallest absolute Gasteiger partial charge is 0.244 e. The van der Waals surface area contributed by atoms with Crippen LogP contribution in [0.25, 0.3) is 0 Å². The van der Waals surface area contributed by atoms with Crippen molar-refractivity contribution in [3.8, 4) is 23.0 Å². The summed E-state index contributed by atoms with van der Waals surface area (Å²) in [5.74, 6) is 2.33. The minimum absolute atomic E-state index is 0.184. The van der Waals surface area contributed by atoms with Crippen LogP contribution in [-0.2, 0) is 17.8 Å². The standard InChI is InChI=1S/C24H22N2O5/c1-28-22-12-19(8-10-20(22)29-15-17-5-3-2-4-6-17)14-25-26-24(27)13-18-7-9-21-23(11-18)31-16-30-21/h2-12,14H,13,15-16H2,1H3,(H,26,27)/b25-14-. The van der Waals surface area contributed by atoms with Crippen molar-refractivity contribution in [2.75, 3.05) is 13.9 Å². The van der Waals surface area contributed by atoms with Crippen LogP contribution in [0.4, 0.5) is 0 Å². The lowest BCUT2D eigenvalue weighted by Crippen LogP contribution is -2.19. The van der Waals surface area contributed by atoms with Gasteiger partial charge in [0, 0.05) is 0 Å². The van der Waals surface area contributed by atoms with Crippen LogP contribution in [0.2, 0.25) is 0 Å². The molecule has 0 unspecified atom stereocenters. The fraction of sp³-hybridized carbons (Fsp3) is 0.167. The summed E-state index contributed by atoms with van der Waals surface area (Å²) in [5, 5.41) is 4.03. The molecule has 31 heavy (non-hydrogen) atoms. The average Bonchev–Trinajstić information content (AvgIpc) is 3.26. The maximum atomic E-state index is 12.2. The molecule has 3 aromatic carbocycles. The molecular weight excluding hydrogens is 396 g/mol. The van der Waals surface area contributed by atoms with Gasteiger partial charge in [0.1, 0.15) is 6.61 Å². The van der Waals surface area contributed by atoms with Gasteiger partial charge in [-0.05, 0) is 47.0 Å². The van der Waals surface area contributed by atoms with E-state index in [1.165, 1.54) is 0 Å².